The first-order valence-corrected chi connectivity index (χ1v) is 11.9. The highest BCUT2D eigenvalue weighted by Gasteiger charge is 2.16. The molecule has 180 valence electrons. The van der Waals surface area contributed by atoms with Gasteiger partial charge >= 0.3 is 6.03 Å². The molecule has 1 aromatic heterocycles. The highest BCUT2D eigenvalue weighted by molar-refractivity contribution is 5.89. The molecule has 1 fully saturated rings. The standard InChI is InChI=1S/C26H32N4O4/c31-22-11-9-20(21-10-12-24(33)30-25(21)22)23(32)16-27-14-13-17-5-4-8-19(15-17)29-26(34)28-18-6-2-1-3-7-18/h4-5,8-12,15,18,23,27,31-32H,1-3,6-7,13-14,16H2,(H,30,33)(H2,28,29,34)/t23-/m0/s1. The van der Waals surface area contributed by atoms with Crippen molar-refractivity contribution in [3.63, 3.8) is 0 Å². The first kappa shape index (κ1) is 23.8. The van der Waals surface area contributed by atoms with Crippen LogP contribution in [0.2, 0.25) is 0 Å². The normalized spacial score (nSPS) is 15.2. The highest BCUT2D eigenvalue weighted by Crippen LogP contribution is 2.28. The summed E-state index contributed by atoms with van der Waals surface area (Å²) >= 11 is 0. The first-order chi connectivity index (χ1) is 16.5. The maximum Gasteiger partial charge on any atom is 0.319 e. The molecule has 34 heavy (non-hydrogen) atoms. The van der Waals surface area contributed by atoms with Gasteiger partial charge in [0, 0.05) is 29.7 Å². The van der Waals surface area contributed by atoms with Gasteiger partial charge in [0.2, 0.25) is 5.56 Å². The molecule has 8 heteroatoms. The number of nitrogens with one attached hydrogen (secondary N) is 4. The number of carbonyl (C=O) groups excluding carboxylic acids is 1. The SMILES string of the molecule is O=C(Nc1cccc(CCNC[C@H](O)c2ccc(O)c3[nH]c(=O)ccc23)c1)NC1CCCCC1. The van der Waals surface area contributed by atoms with E-state index in [2.05, 4.69) is 20.9 Å². The summed E-state index contributed by atoms with van der Waals surface area (Å²) < 4.78 is 0. The molecule has 0 unspecified atom stereocenters. The lowest BCUT2D eigenvalue weighted by molar-refractivity contribution is 0.176. The van der Waals surface area contributed by atoms with E-state index in [9.17, 15) is 19.8 Å². The van der Waals surface area contributed by atoms with E-state index >= 15 is 0 Å². The van der Waals surface area contributed by atoms with E-state index in [1.54, 1.807) is 12.1 Å². The van der Waals surface area contributed by atoms with Gasteiger partial charge < -0.3 is 31.1 Å². The largest absolute Gasteiger partial charge is 0.506 e. The summed E-state index contributed by atoms with van der Waals surface area (Å²) in [4.78, 5) is 26.5. The van der Waals surface area contributed by atoms with Crippen molar-refractivity contribution in [1.29, 1.82) is 0 Å². The predicted octanol–water partition coefficient (Wildman–Crippen LogP) is 3.55. The monoisotopic (exact) mass is 464 g/mol. The molecule has 1 aliphatic carbocycles. The Morgan fingerprint density at radius 3 is 2.74 bits per heavy atom. The van der Waals surface area contributed by atoms with Gasteiger partial charge in [-0.3, -0.25) is 4.79 Å². The summed E-state index contributed by atoms with van der Waals surface area (Å²) in [7, 11) is 0. The number of hydrogen-bond donors (Lipinski definition) is 6. The van der Waals surface area contributed by atoms with Crippen LogP contribution in [0.5, 0.6) is 5.75 Å². The Labute approximate surface area is 198 Å². The number of phenolic OH excluding ortho intramolecular Hbond substituents is 1. The van der Waals surface area contributed by atoms with Gasteiger partial charge in [-0.1, -0.05) is 37.5 Å². The summed E-state index contributed by atoms with van der Waals surface area (Å²) in [6.45, 7) is 0.961. The number of amides is 2. The number of aliphatic hydroxyl groups is 1. The number of anilines is 1. The summed E-state index contributed by atoms with van der Waals surface area (Å²) in [6, 6.07) is 14.0. The van der Waals surface area contributed by atoms with Crippen LogP contribution in [0.4, 0.5) is 10.5 Å². The van der Waals surface area contributed by atoms with E-state index in [4.69, 9.17) is 0 Å². The molecule has 0 bridgehead atoms. The van der Waals surface area contributed by atoms with Crippen LogP contribution in [-0.2, 0) is 6.42 Å². The van der Waals surface area contributed by atoms with E-state index in [1.807, 2.05) is 24.3 Å². The Morgan fingerprint density at radius 2 is 1.91 bits per heavy atom. The summed E-state index contributed by atoms with van der Waals surface area (Å²) in [5, 5.41) is 30.5. The molecule has 1 heterocycles. The average Bonchev–Trinajstić information content (AvgIpc) is 2.83. The van der Waals surface area contributed by atoms with Crippen molar-refractivity contribution < 1.29 is 15.0 Å². The second-order valence-electron chi connectivity index (χ2n) is 8.89. The number of phenols is 1. The number of aliphatic hydroxyl groups excluding tert-OH is 1. The van der Waals surface area contributed by atoms with Gasteiger partial charge in [0.25, 0.3) is 0 Å². The second kappa shape index (κ2) is 11.2. The summed E-state index contributed by atoms with van der Waals surface area (Å²) in [5.74, 6) is -0.0301. The number of fused-ring (bicyclic) bond motifs is 1. The number of aromatic amines is 1. The van der Waals surface area contributed by atoms with Crippen molar-refractivity contribution >= 4 is 22.6 Å². The Bertz CT molecular complexity index is 1190. The molecule has 8 nitrogen and oxygen atoms in total. The topological polar surface area (TPSA) is 126 Å². The number of hydrogen-bond acceptors (Lipinski definition) is 5. The van der Waals surface area contributed by atoms with Crippen LogP contribution in [-0.4, -0.2) is 40.4 Å². The lowest BCUT2D eigenvalue weighted by atomic mass is 9.96. The molecule has 1 saturated carbocycles. The molecule has 3 aromatic rings. The maximum absolute atomic E-state index is 12.3. The number of urea groups is 1. The van der Waals surface area contributed by atoms with Crippen LogP contribution in [0.3, 0.4) is 0 Å². The number of benzene rings is 2. The van der Waals surface area contributed by atoms with Crippen molar-refractivity contribution in [2.45, 2.75) is 50.7 Å². The molecular formula is C26H32N4O4. The van der Waals surface area contributed by atoms with E-state index in [0.717, 1.165) is 30.5 Å². The second-order valence-corrected chi connectivity index (χ2v) is 8.89. The zero-order valence-corrected chi connectivity index (χ0v) is 19.1. The summed E-state index contributed by atoms with van der Waals surface area (Å²) in [6.07, 6.45) is 5.61. The predicted molar refractivity (Wildman–Crippen MR) is 133 cm³/mol. The van der Waals surface area contributed by atoms with E-state index in [0.29, 0.717) is 29.6 Å². The molecule has 2 aromatic carbocycles. The molecule has 0 aliphatic heterocycles. The van der Waals surface area contributed by atoms with Crippen LogP contribution in [0.15, 0.2) is 53.3 Å². The number of aromatic nitrogens is 1. The molecule has 0 radical (unpaired) electrons. The fourth-order valence-corrected chi connectivity index (χ4v) is 4.54. The number of aromatic hydroxyl groups is 1. The molecule has 4 rings (SSSR count). The number of rotatable bonds is 8. The Morgan fingerprint density at radius 1 is 1.09 bits per heavy atom. The highest BCUT2D eigenvalue weighted by atomic mass is 16.3. The summed E-state index contributed by atoms with van der Waals surface area (Å²) in [5.41, 5.74) is 2.48. The van der Waals surface area contributed by atoms with Crippen molar-refractivity contribution in [2.24, 2.45) is 0 Å². The lowest BCUT2D eigenvalue weighted by Gasteiger charge is -2.22. The fraction of sp³-hybridized carbons (Fsp3) is 0.385. The van der Waals surface area contributed by atoms with Gasteiger partial charge in [-0.2, -0.15) is 0 Å². The Balaban J connectivity index is 1.27. The van der Waals surface area contributed by atoms with Gasteiger partial charge in [0.05, 0.1) is 11.6 Å². The fourth-order valence-electron chi connectivity index (χ4n) is 4.54. The van der Waals surface area contributed by atoms with Crippen LogP contribution in [0.1, 0.15) is 49.3 Å². The zero-order chi connectivity index (χ0) is 23.9. The van der Waals surface area contributed by atoms with Crippen LogP contribution < -0.4 is 21.5 Å². The minimum atomic E-state index is -0.800. The van der Waals surface area contributed by atoms with E-state index < -0.39 is 6.10 Å². The number of carbonyl (C=O) groups is 1. The van der Waals surface area contributed by atoms with Gasteiger partial charge in [-0.15, -0.1) is 0 Å². The molecule has 0 saturated heterocycles. The van der Waals surface area contributed by atoms with Crippen molar-refractivity contribution in [3.05, 3.63) is 70.0 Å². The van der Waals surface area contributed by atoms with E-state index in [-0.39, 0.29) is 23.4 Å². The molecule has 0 spiro atoms. The third-order valence-electron chi connectivity index (χ3n) is 6.32. The number of pyridine rings is 1. The third-order valence-corrected chi connectivity index (χ3v) is 6.32. The average molecular weight is 465 g/mol. The smallest absolute Gasteiger partial charge is 0.319 e. The third kappa shape index (κ3) is 6.15. The van der Waals surface area contributed by atoms with Crippen molar-refractivity contribution in [1.82, 2.24) is 15.6 Å². The van der Waals surface area contributed by atoms with Gasteiger partial charge in [0.15, 0.2) is 0 Å². The zero-order valence-electron chi connectivity index (χ0n) is 19.1. The minimum Gasteiger partial charge on any atom is -0.506 e. The lowest BCUT2D eigenvalue weighted by Crippen LogP contribution is -2.39. The molecule has 1 atom stereocenters. The van der Waals surface area contributed by atoms with Gasteiger partial charge in [-0.05, 0) is 61.2 Å². The minimum absolute atomic E-state index is 0.0301. The maximum atomic E-state index is 12.3. The van der Waals surface area contributed by atoms with Gasteiger partial charge in [0.1, 0.15) is 5.75 Å². The molecule has 2 amide bonds. The quantitative estimate of drug-likeness (QED) is 0.284. The number of H-pyrrole nitrogens is 1. The van der Waals surface area contributed by atoms with E-state index in [1.165, 1.54) is 31.4 Å². The van der Waals surface area contributed by atoms with Crippen LogP contribution in [0.25, 0.3) is 10.9 Å². The first-order valence-electron chi connectivity index (χ1n) is 11.9. The molecular weight excluding hydrogens is 432 g/mol. The van der Waals surface area contributed by atoms with Crippen LogP contribution >= 0.6 is 0 Å². The van der Waals surface area contributed by atoms with Crippen molar-refractivity contribution in [2.75, 3.05) is 18.4 Å². The van der Waals surface area contributed by atoms with Crippen molar-refractivity contribution in [3.8, 4) is 5.75 Å². The molecule has 1 aliphatic rings. The van der Waals surface area contributed by atoms with Crippen LogP contribution in [0, 0.1) is 0 Å². The Hall–Kier alpha value is -3.36. The Kier molecular flexibility index (Phi) is 7.82. The van der Waals surface area contributed by atoms with Gasteiger partial charge in [-0.25, -0.2) is 4.79 Å². The molecule has 6 N–H and O–H groups in total.